The third kappa shape index (κ3) is 5.12. The molecule has 0 aliphatic carbocycles. The number of ether oxygens (including phenoxy) is 1. The SMILES string of the molecule is O=C1N/C(=C/c2ccc(OCc3cccc([N+](=O)[O-])c3)c(Br)c2)C(=O)N1Cc1ccccc1F. The monoisotopic (exact) mass is 525 g/mol. The first-order valence-corrected chi connectivity index (χ1v) is 10.8. The fourth-order valence-electron chi connectivity index (χ4n) is 3.32. The van der Waals surface area contributed by atoms with E-state index in [9.17, 15) is 24.1 Å². The number of imide groups is 1. The van der Waals surface area contributed by atoms with Crippen molar-refractivity contribution in [3.8, 4) is 5.75 Å². The summed E-state index contributed by atoms with van der Waals surface area (Å²) < 4.78 is 20.3. The smallest absolute Gasteiger partial charge is 0.329 e. The van der Waals surface area contributed by atoms with E-state index in [1.807, 2.05) is 0 Å². The summed E-state index contributed by atoms with van der Waals surface area (Å²) in [5.41, 5.74) is 1.54. The van der Waals surface area contributed by atoms with Gasteiger partial charge >= 0.3 is 6.03 Å². The molecule has 1 N–H and O–H groups in total. The number of nitro groups is 1. The van der Waals surface area contributed by atoms with Crippen LogP contribution in [-0.4, -0.2) is 21.8 Å². The number of amides is 3. The van der Waals surface area contributed by atoms with Gasteiger partial charge in [-0.15, -0.1) is 0 Å². The Kier molecular flexibility index (Phi) is 6.69. The van der Waals surface area contributed by atoms with E-state index >= 15 is 0 Å². The van der Waals surface area contributed by atoms with Crippen molar-refractivity contribution in [2.24, 2.45) is 0 Å². The van der Waals surface area contributed by atoms with E-state index in [1.165, 1.54) is 36.4 Å². The van der Waals surface area contributed by atoms with E-state index in [2.05, 4.69) is 21.2 Å². The second kappa shape index (κ2) is 9.84. The summed E-state index contributed by atoms with van der Waals surface area (Å²) in [4.78, 5) is 36.3. The average molecular weight is 526 g/mol. The highest BCUT2D eigenvalue weighted by Gasteiger charge is 2.34. The lowest BCUT2D eigenvalue weighted by atomic mass is 10.1. The number of carbonyl (C=O) groups excluding carboxylic acids is 2. The van der Waals surface area contributed by atoms with Gasteiger partial charge in [-0.25, -0.2) is 9.18 Å². The Hall–Kier alpha value is -4.05. The minimum atomic E-state index is -0.629. The molecule has 0 aromatic heterocycles. The van der Waals surface area contributed by atoms with Crippen molar-refractivity contribution >= 4 is 39.6 Å². The summed E-state index contributed by atoms with van der Waals surface area (Å²) in [5.74, 6) is -0.558. The van der Waals surface area contributed by atoms with Gasteiger partial charge in [0.1, 0.15) is 23.9 Å². The third-order valence-electron chi connectivity index (χ3n) is 5.03. The first-order chi connectivity index (χ1) is 16.3. The van der Waals surface area contributed by atoms with Gasteiger partial charge in [0.2, 0.25) is 0 Å². The van der Waals surface area contributed by atoms with Crippen LogP contribution in [0.5, 0.6) is 5.75 Å². The summed E-state index contributed by atoms with van der Waals surface area (Å²) >= 11 is 3.41. The number of urea groups is 1. The van der Waals surface area contributed by atoms with E-state index in [-0.39, 0.29) is 30.1 Å². The number of benzene rings is 3. The third-order valence-corrected chi connectivity index (χ3v) is 5.65. The summed E-state index contributed by atoms with van der Waals surface area (Å²) in [5, 5.41) is 13.4. The van der Waals surface area contributed by atoms with Crippen molar-refractivity contribution < 1.29 is 23.6 Å². The van der Waals surface area contributed by atoms with Crippen LogP contribution in [0.1, 0.15) is 16.7 Å². The van der Waals surface area contributed by atoms with Crippen molar-refractivity contribution in [2.75, 3.05) is 0 Å². The zero-order chi connectivity index (χ0) is 24.2. The number of nitro benzene ring substituents is 1. The minimum Gasteiger partial charge on any atom is -0.488 e. The van der Waals surface area contributed by atoms with Crippen molar-refractivity contribution in [1.29, 1.82) is 0 Å². The van der Waals surface area contributed by atoms with Gasteiger partial charge in [-0.3, -0.25) is 19.8 Å². The lowest BCUT2D eigenvalue weighted by Gasteiger charge is -2.12. The summed E-state index contributed by atoms with van der Waals surface area (Å²) in [6, 6.07) is 16.5. The Labute approximate surface area is 201 Å². The summed E-state index contributed by atoms with van der Waals surface area (Å²) in [7, 11) is 0. The van der Waals surface area contributed by atoms with Gasteiger partial charge in [0.15, 0.2) is 0 Å². The van der Waals surface area contributed by atoms with Crippen LogP contribution in [0.4, 0.5) is 14.9 Å². The molecule has 4 rings (SSSR count). The molecule has 8 nitrogen and oxygen atoms in total. The van der Waals surface area contributed by atoms with Crippen LogP contribution in [0.15, 0.2) is 76.9 Å². The molecule has 0 unspecified atom stereocenters. The van der Waals surface area contributed by atoms with E-state index in [0.717, 1.165) is 4.90 Å². The molecule has 10 heteroatoms. The molecule has 0 bridgehead atoms. The maximum Gasteiger partial charge on any atom is 0.329 e. The van der Waals surface area contributed by atoms with E-state index in [4.69, 9.17) is 4.74 Å². The number of hydrogen-bond acceptors (Lipinski definition) is 5. The highest BCUT2D eigenvalue weighted by Crippen LogP contribution is 2.28. The highest BCUT2D eigenvalue weighted by atomic mass is 79.9. The van der Waals surface area contributed by atoms with Crippen molar-refractivity contribution in [3.05, 3.63) is 110 Å². The molecule has 1 aliphatic heterocycles. The lowest BCUT2D eigenvalue weighted by molar-refractivity contribution is -0.384. The molecule has 0 atom stereocenters. The molecule has 34 heavy (non-hydrogen) atoms. The van der Waals surface area contributed by atoms with E-state index < -0.39 is 22.7 Å². The van der Waals surface area contributed by atoms with Crippen molar-refractivity contribution in [1.82, 2.24) is 10.2 Å². The van der Waals surface area contributed by atoms with Crippen LogP contribution >= 0.6 is 15.9 Å². The zero-order valence-electron chi connectivity index (χ0n) is 17.5. The molecule has 3 amide bonds. The molecular weight excluding hydrogens is 509 g/mol. The van der Waals surface area contributed by atoms with Crippen LogP contribution in [0.25, 0.3) is 6.08 Å². The quantitative estimate of drug-likeness (QED) is 0.198. The molecule has 0 saturated carbocycles. The lowest BCUT2D eigenvalue weighted by Crippen LogP contribution is -2.30. The van der Waals surface area contributed by atoms with Crippen molar-refractivity contribution in [3.63, 3.8) is 0 Å². The van der Waals surface area contributed by atoms with Gasteiger partial charge in [0.25, 0.3) is 11.6 Å². The van der Waals surface area contributed by atoms with Gasteiger partial charge in [0.05, 0.1) is 15.9 Å². The fraction of sp³-hybridized carbons (Fsp3) is 0.0833. The summed E-state index contributed by atoms with van der Waals surface area (Å²) in [6.07, 6.45) is 1.51. The first kappa shape index (κ1) is 23.1. The predicted octanol–water partition coefficient (Wildman–Crippen LogP) is 5.17. The zero-order valence-corrected chi connectivity index (χ0v) is 19.1. The van der Waals surface area contributed by atoms with Crippen LogP contribution in [0, 0.1) is 15.9 Å². The maximum atomic E-state index is 13.9. The number of non-ortho nitro benzene ring substituents is 1. The number of halogens is 2. The van der Waals surface area contributed by atoms with Crippen molar-refractivity contribution in [2.45, 2.75) is 13.2 Å². The van der Waals surface area contributed by atoms with Crippen LogP contribution in [0.3, 0.4) is 0 Å². The second-order valence-corrected chi connectivity index (χ2v) is 8.23. The molecule has 1 saturated heterocycles. The van der Waals surface area contributed by atoms with Gasteiger partial charge in [-0.2, -0.15) is 0 Å². The van der Waals surface area contributed by atoms with Gasteiger partial charge in [0, 0.05) is 17.7 Å². The first-order valence-electron chi connectivity index (χ1n) is 10.1. The number of rotatable bonds is 7. The van der Waals surface area contributed by atoms with Gasteiger partial charge in [-0.1, -0.05) is 36.4 Å². The normalized spacial score (nSPS) is 14.4. The Balaban J connectivity index is 1.45. The van der Waals surface area contributed by atoms with E-state index in [0.29, 0.717) is 21.3 Å². The van der Waals surface area contributed by atoms with Gasteiger partial charge in [-0.05, 0) is 51.3 Å². The fourth-order valence-corrected chi connectivity index (χ4v) is 3.83. The molecule has 1 heterocycles. The summed E-state index contributed by atoms with van der Waals surface area (Å²) in [6.45, 7) is -0.0525. The Bertz CT molecular complexity index is 1330. The minimum absolute atomic E-state index is 0.0190. The average Bonchev–Trinajstić information content (AvgIpc) is 3.07. The number of hydrogen-bond donors (Lipinski definition) is 1. The number of nitrogens with one attached hydrogen (secondary N) is 1. The molecule has 3 aromatic carbocycles. The van der Waals surface area contributed by atoms with Crippen LogP contribution in [-0.2, 0) is 17.9 Å². The Morgan fingerprint density at radius 2 is 1.88 bits per heavy atom. The largest absolute Gasteiger partial charge is 0.488 e. The number of carbonyl (C=O) groups is 2. The molecule has 1 aliphatic rings. The Morgan fingerprint density at radius 1 is 1.09 bits per heavy atom. The Morgan fingerprint density at radius 3 is 2.62 bits per heavy atom. The molecule has 0 spiro atoms. The van der Waals surface area contributed by atoms with Gasteiger partial charge < -0.3 is 10.1 Å². The topological polar surface area (TPSA) is 102 Å². The van der Waals surface area contributed by atoms with Crippen LogP contribution < -0.4 is 10.1 Å². The second-order valence-electron chi connectivity index (χ2n) is 7.38. The molecule has 0 radical (unpaired) electrons. The standard InChI is InChI=1S/C24H17BrFN3O5/c25-19-11-15(8-9-22(19)34-14-16-4-3-6-18(10-16)29(32)33)12-21-23(30)28(24(31)27-21)13-17-5-1-2-7-20(17)26/h1-12H,13-14H2,(H,27,31)/b21-12+. The maximum absolute atomic E-state index is 13.9. The molecule has 1 fully saturated rings. The molecular formula is C24H17BrFN3O5. The number of nitrogens with zero attached hydrogens (tertiary/aromatic N) is 2. The molecule has 172 valence electrons. The predicted molar refractivity (Wildman–Crippen MR) is 125 cm³/mol. The highest BCUT2D eigenvalue weighted by molar-refractivity contribution is 9.10. The van der Waals surface area contributed by atoms with E-state index in [1.54, 1.807) is 36.4 Å². The van der Waals surface area contributed by atoms with Crippen LogP contribution in [0.2, 0.25) is 0 Å². The molecule has 3 aromatic rings.